The van der Waals surface area contributed by atoms with Crippen molar-refractivity contribution < 1.29 is 27.7 Å². The van der Waals surface area contributed by atoms with Crippen molar-refractivity contribution in [2.75, 3.05) is 31.3 Å². The third-order valence-corrected chi connectivity index (χ3v) is 5.66. The standard InChI is InChI=1S/C15H18ClN3O7S/c1-27(24,25)18-6-4-10(5-7-18)15(21)26-9-14(20)17-13-3-2-11(19(22)23)8-12(13)16/h2-3,8,10H,4-7,9H2,1H3,(H,17,20). The molecule has 1 aromatic rings. The molecular weight excluding hydrogens is 402 g/mol. The number of hydrogen-bond acceptors (Lipinski definition) is 7. The van der Waals surface area contributed by atoms with Crippen LogP contribution in [-0.2, 0) is 24.3 Å². The molecule has 0 unspecified atom stereocenters. The van der Waals surface area contributed by atoms with E-state index in [2.05, 4.69) is 5.32 Å². The molecular formula is C15H18ClN3O7S. The van der Waals surface area contributed by atoms with Gasteiger partial charge in [0.15, 0.2) is 6.61 Å². The van der Waals surface area contributed by atoms with E-state index in [1.54, 1.807) is 0 Å². The molecule has 12 heteroatoms. The number of amides is 1. The Hall–Kier alpha value is -2.24. The second-order valence-electron chi connectivity index (χ2n) is 6.01. The summed E-state index contributed by atoms with van der Waals surface area (Å²) in [5, 5.41) is 13.0. The molecule has 0 atom stereocenters. The molecule has 0 saturated carbocycles. The molecule has 1 aliphatic heterocycles. The van der Waals surface area contributed by atoms with Gasteiger partial charge >= 0.3 is 5.97 Å². The number of carbonyl (C=O) groups is 2. The Morgan fingerprint density at radius 2 is 2.00 bits per heavy atom. The quantitative estimate of drug-likeness (QED) is 0.418. The van der Waals surface area contributed by atoms with Crippen LogP contribution in [0.5, 0.6) is 0 Å². The van der Waals surface area contributed by atoms with Gasteiger partial charge < -0.3 is 10.1 Å². The number of benzene rings is 1. The van der Waals surface area contributed by atoms with E-state index in [1.807, 2.05) is 0 Å². The van der Waals surface area contributed by atoms with Crippen molar-refractivity contribution in [3.63, 3.8) is 0 Å². The maximum atomic E-state index is 12.0. The minimum Gasteiger partial charge on any atom is -0.455 e. The molecule has 27 heavy (non-hydrogen) atoms. The molecule has 0 aromatic heterocycles. The van der Waals surface area contributed by atoms with E-state index in [0.29, 0.717) is 12.8 Å². The van der Waals surface area contributed by atoms with Gasteiger partial charge in [-0.2, -0.15) is 0 Å². The van der Waals surface area contributed by atoms with Gasteiger partial charge in [-0.1, -0.05) is 11.6 Å². The van der Waals surface area contributed by atoms with E-state index in [1.165, 1.54) is 16.4 Å². The highest BCUT2D eigenvalue weighted by Gasteiger charge is 2.30. The zero-order chi connectivity index (χ0) is 20.2. The average Bonchev–Trinajstić information content (AvgIpc) is 2.60. The summed E-state index contributed by atoms with van der Waals surface area (Å²) in [5.41, 5.74) is -0.0605. The van der Waals surface area contributed by atoms with Crippen molar-refractivity contribution in [3.05, 3.63) is 33.3 Å². The second kappa shape index (κ2) is 8.63. The number of carbonyl (C=O) groups excluding carboxylic acids is 2. The van der Waals surface area contributed by atoms with E-state index in [4.69, 9.17) is 16.3 Å². The zero-order valence-corrected chi connectivity index (χ0v) is 16.0. The van der Waals surface area contributed by atoms with E-state index in [9.17, 15) is 28.1 Å². The summed E-state index contributed by atoms with van der Waals surface area (Å²) in [4.78, 5) is 34.0. The molecule has 0 bridgehead atoms. The van der Waals surface area contributed by atoms with Gasteiger partial charge in [0.05, 0.1) is 27.8 Å². The molecule has 0 spiro atoms. The third-order valence-electron chi connectivity index (χ3n) is 4.04. The Morgan fingerprint density at radius 3 is 2.52 bits per heavy atom. The number of hydrogen-bond donors (Lipinski definition) is 1. The number of piperidine rings is 1. The zero-order valence-electron chi connectivity index (χ0n) is 14.4. The lowest BCUT2D eigenvalue weighted by molar-refractivity contribution is -0.384. The number of non-ortho nitro benzene ring substituents is 1. The molecule has 148 valence electrons. The summed E-state index contributed by atoms with van der Waals surface area (Å²) in [6.45, 7) is -0.0924. The lowest BCUT2D eigenvalue weighted by atomic mass is 9.98. The molecule has 1 N–H and O–H groups in total. The second-order valence-corrected chi connectivity index (χ2v) is 8.40. The summed E-state index contributed by atoms with van der Waals surface area (Å²) in [6, 6.07) is 3.56. The van der Waals surface area contributed by atoms with E-state index < -0.39 is 39.3 Å². The minimum absolute atomic E-state index is 0.0166. The minimum atomic E-state index is -3.29. The number of nitro benzene ring substituents is 1. The Kier molecular flexibility index (Phi) is 6.73. The number of nitrogens with one attached hydrogen (secondary N) is 1. The van der Waals surface area contributed by atoms with E-state index in [0.717, 1.165) is 12.3 Å². The van der Waals surface area contributed by atoms with Crippen LogP contribution in [0, 0.1) is 16.0 Å². The van der Waals surface area contributed by atoms with Gasteiger partial charge in [-0.15, -0.1) is 0 Å². The summed E-state index contributed by atoms with van der Waals surface area (Å²) in [6.07, 6.45) is 1.75. The highest BCUT2D eigenvalue weighted by molar-refractivity contribution is 7.88. The van der Waals surface area contributed by atoms with Crippen molar-refractivity contribution in [2.45, 2.75) is 12.8 Å². The summed E-state index contributed by atoms with van der Waals surface area (Å²) in [7, 11) is -3.29. The number of nitro groups is 1. The number of nitrogens with zero attached hydrogens (tertiary/aromatic N) is 2. The molecule has 10 nitrogen and oxygen atoms in total. The number of halogens is 1. The number of anilines is 1. The first kappa shape index (κ1) is 21.1. The van der Waals surface area contributed by atoms with Crippen LogP contribution in [0.3, 0.4) is 0 Å². The van der Waals surface area contributed by atoms with Crippen LogP contribution < -0.4 is 5.32 Å². The molecule has 1 fully saturated rings. The van der Waals surface area contributed by atoms with Gasteiger partial charge in [0.1, 0.15) is 0 Å². The number of rotatable bonds is 6. The first-order valence-electron chi connectivity index (χ1n) is 7.93. The first-order chi connectivity index (χ1) is 12.6. The summed E-state index contributed by atoms with van der Waals surface area (Å²) < 4.78 is 29.2. The van der Waals surface area contributed by atoms with Gasteiger partial charge in [0.2, 0.25) is 10.0 Å². The van der Waals surface area contributed by atoms with E-state index >= 15 is 0 Å². The van der Waals surface area contributed by atoms with Crippen molar-refractivity contribution in [2.24, 2.45) is 5.92 Å². The predicted octanol–water partition coefficient (Wildman–Crippen LogP) is 1.40. The van der Waals surface area contributed by atoms with Crippen molar-refractivity contribution >= 4 is 44.9 Å². The summed E-state index contributed by atoms with van der Waals surface area (Å²) >= 11 is 5.87. The fourth-order valence-corrected chi connectivity index (χ4v) is 3.68. The van der Waals surface area contributed by atoms with Gasteiger partial charge in [-0.25, -0.2) is 12.7 Å². The highest BCUT2D eigenvalue weighted by Crippen LogP contribution is 2.26. The topological polar surface area (TPSA) is 136 Å². The van der Waals surface area contributed by atoms with Gasteiger partial charge in [-0.3, -0.25) is 19.7 Å². The third kappa shape index (κ3) is 5.88. The molecule has 0 aliphatic carbocycles. The Bertz CT molecular complexity index is 851. The Labute approximate surface area is 160 Å². The normalized spacial score (nSPS) is 15.9. The fraction of sp³-hybridized carbons (Fsp3) is 0.467. The van der Waals surface area contributed by atoms with Crippen LogP contribution in [0.25, 0.3) is 0 Å². The smallest absolute Gasteiger partial charge is 0.309 e. The number of ether oxygens (including phenoxy) is 1. The molecule has 1 heterocycles. The molecule has 1 aromatic carbocycles. The maximum Gasteiger partial charge on any atom is 0.309 e. The van der Waals surface area contributed by atoms with Crippen LogP contribution in [-0.4, -0.2) is 55.5 Å². The number of esters is 1. The lowest BCUT2D eigenvalue weighted by Crippen LogP contribution is -2.40. The van der Waals surface area contributed by atoms with Crippen molar-refractivity contribution in [1.29, 1.82) is 0 Å². The maximum absolute atomic E-state index is 12.0. The average molecular weight is 420 g/mol. The molecule has 0 radical (unpaired) electrons. The Morgan fingerprint density at radius 1 is 1.37 bits per heavy atom. The van der Waals surface area contributed by atoms with Gasteiger partial charge in [0, 0.05) is 25.2 Å². The summed E-state index contributed by atoms with van der Waals surface area (Å²) in [5.74, 6) is -1.69. The van der Waals surface area contributed by atoms with Gasteiger partial charge in [-0.05, 0) is 18.9 Å². The highest BCUT2D eigenvalue weighted by atomic mass is 35.5. The van der Waals surface area contributed by atoms with Gasteiger partial charge in [0.25, 0.3) is 11.6 Å². The van der Waals surface area contributed by atoms with Crippen molar-refractivity contribution in [1.82, 2.24) is 4.31 Å². The first-order valence-corrected chi connectivity index (χ1v) is 10.2. The van der Waals surface area contributed by atoms with E-state index in [-0.39, 0.29) is 29.5 Å². The van der Waals surface area contributed by atoms with Crippen LogP contribution in [0.15, 0.2) is 18.2 Å². The molecule has 1 saturated heterocycles. The lowest BCUT2D eigenvalue weighted by Gasteiger charge is -2.28. The monoisotopic (exact) mass is 419 g/mol. The SMILES string of the molecule is CS(=O)(=O)N1CCC(C(=O)OCC(=O)Nc2ccc([N+](=O)[O-])cc2Cl)CC1. The molecule has 1 aliphatic rings. The van der Waals surface area contributed by atoms with Crippen LogP contribution in [0.1, 0.15) is 12.8 Å². The van der Waals surface area contributed by atoms with Crippen LogP contribution >= 0.6 is 11.6 Å². The fourth-order valence-electron chi connectivity index (χ4n) is 2.58. The molecule has 2 rings (SSSR count). The predicted molar refractivity (Wildman–Crippen MR) is 96.8 cm³/mol. The number of sulfonamides is 1. The van der Waals surface area contributed by atoms with Crippen molar-refractivity contribution in [3.8, 4) is 0 Å². The van der Waals surface area contributed by atoms with Crippen LogP contribution in [0.2, 0.25) is 5.02 Å². The Balaban J connectivity index is 1.82. The van der Waals surface area contributed by atoms with Crippen LogP contribution in [0.4, 0.5) is 11.4 Å². The molecule has 1 amide bonds. The largest absolute Gasteiger partial charge is 0.455 e.